The third-order valence-electron chi connectivity index (χ3n) is 8.23. The van der Waals surface area contributed by atoms with Crippen LogP contribution in [-0.2, 0) is 25.9 Å². The number of aromatic nitrogens is 5. The van der Waals surface area contributed by atoms with Crippen molar-refractivity contribution < 1.29 is 14.3 Å². The first-order chi connectivity index (χ1) is 21.0. The van der Waals surface area contributed by atoms with Crippen LogP contribution >= 0.6 is 11.3 Å². The zero-order valence-electron chi connectivity index (χ0n) is 23.1. The molecule has 0 spiro atoms. The number of halogens is 1. The molecule has 2 unspecified atom stereocenters. The number of carboxylic acids is 1. The van der Waals surface area contributed by atoms with Crippen LogP contribution in [0.4, 0.5) is 10.3 Å². The van der Waals surface area contributed by atoms with Crippen molar-refractivity contribution in [3.63, 3.8) is 0 Å². The van der Waals surface area contributed by atoms with Crippen LogP contribution in [0.5, 0.6) is 0 Å². The van der Waals surface area contributed by atoms with Crippen molar-refractivity contribution in [2.24, 2.45) is 0 Å². The van der Waals surface area contributed by atoms with E-state index in [0.29, 0.717) is 55.1 Å². The third-order valence-corrected chi connectivity index (χ3v) is 8.99. The quantitative estimate of drug-likeness (QED) is 0.266. The number of aryl methyl sites for hydroxylation is 2. The zero-order valence-corrected chi connectivity index (χ0v) is 23.9. The van der Waals surface area contributed by atoms with Crippen molar-refractivity contribution in [1.29, 1.82) is 5.26 Å². The topological polar surface area (TPSA) is 124 Å². The number of hydrogen-bond donors (Lipinski definition) is 1. The molecule has 2 fully saturated rings. The van der Waals surface area contributed by atoms with Crippen LogP contribution in [0.1, 0.15) is 44.3 Å². The molecule has 3 aromatic heterocycles. The number of carboxylic acid groups (broad SMARTS) is 1. The van der Waals surface area contributed by atoms with Crippen molar-refractivity contribution in [3.05, 3.63) is 99.3 Å². The Balaban J connectivity index is 1.06. The summed E-state index contributed by atoms with van der Waals surface area (Å²) in [5.41, 5.74) is 5.36. The van der Waals surface area contributed by atoms with Gasteiger partial charge in [-0.3, -0.25) is 9.88 Å². The van der Waals surface area contributed by atoms with Crippen LogP contribution in [0.2, 0.25) is 0 Å². The Morgan fingerprint density at radius 3 is 2.79 bits per heavy atom. The van der Waals surface area contributed by atoms with Crippen LogP contribution in [0, 0.1) is 17.1 Å². The Labute approximate surface area is 250 Å². The van der Waals surface area contributed by atoms with E-state index in [9.17, 15) is 14.3 Å². The Morgan fingerprint density at radius 2 is 2.00 bits per heavy atom. The van der Waals surface area contributed by atoms with Crippen molar-refractivity contribution in [1.82, 2.24) is 29.4 Å². The van der Waals surface area contributed by atoms with Gasteiger partial charge in [0, 0.05) is 48.1 Å². The first kappa shape index (κ1) is 27.1. The summed E-state index contributed by atoms with van der Waals surface area (Å²) in [5.74, 6) is 0.272. The molecule has 0 amide bonds. The van der Waals surface area contributed by atoms with Gasteiger partial charge >= 0.3 is 5.97 Å². The van der Waals surface area contributed by atoms with Gasteiger partial charge in [-0.05, 0) is 61.2 Å². The molecule has 0 radical (unpaired) electrons. The SMILES string of the molecule is N#Cc1ccc(CCc2ccnc(N3CCN(Cc4nc5ccc(C(=O)O)cc5n4Cc4cncs4)C4CC43)n2)c(F)c1. The van der Waals surface area contributed by atoms with Gasteiger partial charge in [0.15, 0.2) is 0 Å². The first-order valence-electron chi connectivity index (χ1n) is 14.1. The lowest BCUT2D eigenvalue weighted by Crippen LogP contribution is -2.47. The summed E-state index contributed by atoms with van der Waals surface area (Å²) in [6.45, 7) is 2.82. The van der Waals surface area contributed by atoms with Gasteiger partial charge in [-0.1, -0.05) is 6.07 Å². The average Bonchev–Trinajstić information content (AvgIpc) is 3.53. The lowest BCUT2D eigenvalue weighted by molar-refractivity contribution is 0.0697. The number of nitriles is 1. The van der Waals surface area contributed by atoms with Gasteiger partial charge in [0.1, 0.15) is 11.6 Å². The summed E-state index contributed by atoms with van der Waals surface area (Å²) in [6.07, 6.45) is 5.67. The van der Waals surface area contributed by atoms with Crippen molar-refractivity contribution in [3.8, 4) is 6.07 Å². The monoisotopic (exact) mass is 594 g/mol. The zero-order chi connectivity index (χ0) is 29.5. The molecular weight excluding hydrogens is 567 g/mol. The maximum Gasteiger partial charge on any atom is 0.335 e. The molecule has 0 bridgehead atoms. The Morgan fingerprint density at radius 1 is 1.09 bits per heavy atom. The molecule has 4 heterocycles. The number of fused-ring (bicyclic) bond motifs is 2. The highest BCUT2D eigenvalue weighted by Crippen LogP contribution is 2.39. The molecule has 2 atom stereocenters. The summed E-state index contributed by atoms with van der Waals surface area (Å²) in [6, 6.07) is 14.1. The Bertz CT molecular complexity index is 1870. The van der Waals surface area contributed by atoms with Crippen LogP contribution < -0.4 is 4.90 Å². The molecule has 7 rings (SSSR count). The summed E-state index contributed by atoms with van der Waals surface area (Å²) in [4.78, 5) is 36.0. The smallest absolute Gasteiger partial charge is 0.335 e. The number of carbonyl (C=O) groups is 1. The van der Waals surface area contributed by atoms with Crippen molar-refractivity contribution >= 4 is 34.3 Å². The minimum atomic E-state index is -0.960. The molecule has 1 N–H and O–H groups in total. The average molecular weight is 595 g/mol. The van der Waals surface area contributed by atoms with E-state index in [1.54, 1.807) is 53.4 Å². The fraction of sp³-hybridized carbons (Fsp3) is 0.290. The van der Waals surface area contributed by atoms with Crippen LogP contribution in [-0.4, -0.2) is 65.7 Å². The highest BCUT2D eigenvalue weighted by Gasteiger charge is 2.50. The molecule has 12 heteroatoms. The van der Waals surface area contributed by atoms with Crippen LogP contribution in [0.15, 0.2) is 60.4 Å². The molecule has 10 nitrogen and oxygen atoms in total. The predicted molar refractivity (Wildman–Crippen MR) is 158 cm³/mol. The normalized spacial score (nSPS) is 18.0. The second-order valence-corrected chi connectivity index (χ2v) is 11.9. The van der Waals surface area contributed by atoms with E-state index in [1.807, 2.05) is 18.3 Å². The number of rotatable bonds is 9. The minimum absolute atomic E-state index is 0.240. The number of imidazole rings is 1. The Hall–Kier alpha value is -4.73. The lowest BCUT2D eigenvalue weighted by Gasteiger charge is -2.34. The van der Waals surface area contributed by atoms with E-state index in [-0.39, 0.29) is 11.4 Å². The number of piperazine rings is 1. The first-order valence-corrected chi connectivity index (χ1v) is 15.0. The fourth-order valence-corrected chi connectivity index (χ4v) is 6.50. The minimum Gasteiger partial charge on any atom is -0.478 e. The molecule has 43 heavy (non-hydrogen) atoms. The number of thiazole rings is 1. The van der Waals surface area contributed by atoms with Gasteiger partial charge in [0.25, 0.3) is 0 Å². The van der Waals surface area contributed by atoms with E-state index in [0.717, 1.165) is 46.9 Å². The summed E-state index contributed by atoms with van der Waals surface area (Å²) >= 11 is 1.57. The van der Waals surface area contributed by atoms with Gasteiger partial charge in [0.05, 0.1) is 46.8 Å². The van der Waals surface area contributed by atoms with E-state index in [4.69, 9.17) is 15.2 Å². The number of hydrogen-bond acceptors (Lipinski definition) is 9. The van der Waals surface area contributed by atoms with E-state index >= 15 is 0 Å². The van der Waals surface area contributed by atoms with Crippen molar-refractivity contribution in [2.75, 3.05) is 18.0 Å². The molecule has 1 aliphatic heterocycles. The largest absolute Gasteiger partial charge is 0.478 e. The summed E-state index contributed by atoms with van der Waals surface area (Å²) < 4.78 is 16.5. The third kappa shape index (κ3) is 5.45. The van der Waals surface area contributed by atoms with Gasteiger partial charge in [-0.25, -0.2) is 24.1 Å². The standard InChI is InChI=1S/C31H27FN8O2S/c32-24-11-19(14-33)1-2-20(24)3-5-22-7-8-35-31(36-22)39-10-9-38(27-13-28(27)39)17-29-37-25-6-4-21(30(41)42)12-26(25)40(29)16-23-15-34-18-43-23/h1-2,4,6-8,11-12,15,18,27-28H,3,5,9-10,13,16-17H2,(H,41,42). The number of benzene rings is 2. The molecule has 2 aromatic carbocycles. The molecule has 5 aromatic rings. The van der Waals surface area contributed by atoms with Crippen molar-refractivity contribution in [2.45, 2.75) is 44.4 Å². The van der Waals surface area contributed by atoms with Gasteiger partial charge in [-0.15, -0.1) is 11.3 Å². The fourth-order valence-electron chi connectivity index (χ4n) is 5.91. The lowest BCUT2D eigenvalue weighted by atomic mass is 10.1. The molecule has 216 valence electrons. The molecule has 1 aliphatic carbocycles. The van der Waals surface area contributed by atoms with E-state index < -0.39 is 5.97 Å². The summed E-state index contributed by atoms with van der Waals surface area (Å²) in [5, 5.41) is 18.5. The molecule has 1 saturated carbocycles. The maximum absolute atomic E-state index is 14.4. The molecular formula is C31H27FN8O2S. The van der Waals surface area contributed by atoms with Crippen LogP contribution in [0.25, 0.3) is 11.0 Å². The van der Waals surface area contributed by atoms with Gasteiger partial charge in [0.2, 0.25) is 5.95 Å². The second-order valence-electron chi connectivity index (χ2n) is 10.9. The molecule has 2 aliphatic rings. The molecule has 1 saturated heterocycles. The highest BCUT2D eigenvalue weighted by atomic mass is 32.1. The second kappa shape index (κ2) is 11.2. The van der Waals surface area contributed by atoms with E-state index in [1.165, 1.54) is 6.07 Å². The predicted octanol–water partition coefficient (Wildman–Crippen LogP) is 4.29. The summed E-state index contributed by atoms with van der Waals surface area (Å²) in [7, 11) is 0. The number of aromatic carboxylic acids is 1. The Kier molecular flexibility index (Phi) is 7.04. The number of anilines is 1. The van der Waals surface area contributed by atoms with Gasteiger partial charge < -0.3 is 14.6 Å². The van der Waals surface area contributed by atoms with Crippen LogP contribution in [0.3, 0.4) is 0 Å². The highest BCUT2D eigenvalue weighted by molar-refractivity contribution is 7.09. The maximum atomic E-state index is 14.4. The van der Waals surface area contributed by atoms with Gasteiger partial charge in [-0.2, -0.15) is 5.26 Å². The van der Waals surface area contributed by atoms with E-state index in [2.05, 4.69) is 24.3 Å². The number of nitrogens with zero attached hydrogens (tertiary/aromatic N) is 8.